The first kappa shape index (κ1) is 16.6. The van der Waals surface area contributed by atoms with Gasteiger partial charge in [-0.1, -0.05) is 0 Å². The van der Waals surface area contributed by atoms with Crippen LogP contribution in [0, 0.1) is 5.82 Å². The van der Waals surface area contributed by atoms with Gasteiger partial charge in [0.25, 0.3) is 0 Å². The van der Waals surface area contributed by atoms with Crippen LogP contribution in [0.15, 0.2) is 18.5 Å². The molecule has 2 heterocycles. The fourth-order valence-corrected chi connectivity index (χ4v) is 2.04. The standard InChI is InChI=1S/C11H15FN2O.2ClH/c1-11(2)4-9(14-11)10(15)7-3-8(12)6-13-5-7;;/h3,5-6,9-10,14-15H,4H2,1-2H3;2*1H/t9-,10-;;/m1../s1. The van der Waals surface area contributed by atoms with Crippen molar-refractivity contribution in [3.8, 4) is 0 Å². The van der Waals surface area contributed by atoms with E-state index in [4.69, 9.17) is 0 Å². The molecule has 2 rings (SSSR count). The summed E-state index contributed by atoms with van der Waals surface area (Å²) >= 11 is 0. The van der Waals surface area contributed by atoms with Gasteiger partial charge in [0.2, 0.25) is 0 Å². The molecule has 1 fully saturated rings. The summed E-state index contributed by atoms with van der Waals surface area (Å²) in [5.41, 5.74) is 0.606. The molecule has 0 aromatic carbocycles. The molecule has 1 aromatic heterocycles. The molecule has 17 heavy (non-hydrogen) atoms. The maximum atomic E-state index is 12.9. The van der Waals surface area contributed by atoms with Gasteiger partial charge < -0.3 is 10.4 Å². The lowest BCUT2D eigenvalue weighted by Crippen LogP contribution is -2.61. The van der Waals surface area contributed by atoms with Crippen LogP contribution in [0.25, 0.3) is 0 Å². The number of aliphatic hydroxyl groups is 1. The van der Waals surface area contributed by atoms with Crippen LogP contribution >= 0.6 is 24.8 Å². The first-order chi connectivity index (χ1) is 6.98. The minimum Gasteiger partial charge on any atom is -0.387 e. The van der Waals surface area contributed by atoms with Gasteiger partial charge in [-0.3, -0.25) is 4.98 Å². The van der Waals surface area contributed by atoms with Crippen LogP contribution in [-0.2, 0) is 0 Å². The quantitative estimate of drug-likeness (QED) is 0.875. The highest BCUT2D eigenvalue weighted by Gasteiger charge is 2.39. The van der Waals surface area contributed by atoms with Crippen molar-refractivity contribution < 1.29 is 9.50 Å². The second-order valence-electron chi connectivity index (χ2n) is 4.72. The maximum absolute atomic E-state index is 12.9. The lowest BCUT2D eigenvalue weighted by molar-refractivity contribution is 0.0386. The number of rotatable bonds is 2. The van der Waals surface area contributed by atoms with Crippen LogP contribution in [0.4, 0.5) is 4.39 Å². The van der Waals surface area contributed by atoms with Crippen molar-refractivity contribution in [3.05, 3.63) is 29.8 Å². The van der Waals surface area contributed by atoms with Crippen molar-refractivity contribution in [2.24, 2.45) is 0 Å². The fraction of sp³-hybridized carbons (Fsp3) is 0.545. The lowest BCUT2D eigenvalue weighted by Gasteiger charge is -2.46. The molecule has 3 nitrogen and oxygen atoms in total. The Hall–Kier alpha value is -0.420. The minimum atomic E-state index is -0.679. The molecule has 2 atom stereocenters. The molecule has 0 spiro atoms. The number of aliphatic hydroxyl groups excluding tert-OH is 1. The van der Waals surface area contributed by atoms with Gasteiger partial charge >= 0.3 is 0 Å². The number of nitrogens with zero attached hydrogens (tertiary/aromatic N) is 1. The minimum absolute atomic E-state index is 0. The van der Waals surface area contributed by atoms with E-state index in [1.807, 2.05) is 0 Å². The van der Waals surface area contributed by atoms with Gasteiger partial charge in [0.05, 0.1) is 12.3 Å². The van der Waals surface area contributed by atoms with Gasteiger partial charge in [-0.2, -0.15) is 0 Å². The first-order valence-corrected chi connectivity index (χ1v) is 5.04. The van der Waals surface area contributed by atoms with Crippen LogP contribution in [-0.4, -0.2) is 21.7 Å². The zero-order valence-corrected chi connectivity index (χ0v) is 11.3. The summed E-state index contributed by atoms with van der Waals surface area (Å²) < 4.78 is 12.9. The number of hydrogen-bond donors (Lipinski definition) is 2. The molecule has 2 N–H and O–H groups in total. The Morgan fingerprint density at radius 2 is 2.06 bits per heavy atom. The highest BCUT2D eigenvalue weighted by atomic mass is 35.5. The lowest BCUT2D eigenvalue weighted by atomic mass is 9.81. The normalized spacial score (nSPS) is 22.7. The topological polar surface area (TPSA) is 45.2 Å². The van der Waals surface area contributed by atoms with Crippen molar-refractivity contribution in [2.45, 2.75) is 38.0 Å². The number of nitrogens with one attached hydrogen (secondary N) is 1. The second-order valence-corrected chi connectivity index (χ2v) is 4.72. The van der Waals surface area contributed by atoms with Gasteiger partial charge in [-0.15, -0.1) is 24.8 Å². The zero-order chi connectivity index (χ0) is 11.1. The van der Waals surface area contributed by atoms with Gasteiger partial charge in [0.1, 0.15) is 5.82 Å². The van der Waals surface area contributed by atoms with Gasteiger partial charge in [0, 0.05) is 23.3 Å². The van der Waals surface area contributed by atoms with E-state index in [2.05, 4.69) is 24.1 Å². The molecule has 1 aliphatic rings. The molecule has 0 radical (unpaired) electrons. The number of hydrogen-bond acceptors (Lipinski definition) is 3. The third-order valence-electron chi connectivity index (χ3n) is 2.76. The monoisotopic (exact) mass is 282 g/mol. The van der Waals surface area contributed by atoms with E-state index < -0.39 is 11.9 Å². The molecule has 0 saturated carbocycles. The Balaban J connectivity index is 0.00000128. The van der Waals surface area contributed by atoms with Crippen molar-refractivity contribution in [3.63, 3.8) is 0 Å². The molecule has 1 saturated heterocycles. The van der Waals surface area contributed by atoms with E-state index in [1.54, 1.807) is 0 Å². The largest absolute Gasteiger partial charge is 0.387 e. The maximum Gasteiger partial charge on any atom is 0.141 e. The van der Waals surface area contributed by atoms with E-state index in [-0.39, 0.29) is 36.4 Å². The number of pyridine rings is 1. The van der Waals surface area contributed by atoms with Crippen LogP contribution < -0.4 is 5.32 Å². The molecule has 0 unspecified atom stereocenters. The van der Waals surface area contributed by atoms with E-state index in [0.29, 0.717) is 5.56 Å². The molecule has 0 aliphatic carbocycles. The zero-order valence-electron chi connectivity index (χ0n) is 9.68. The van der Waals surface area contributed by atoms with Gasteiger partial charge in [0.15, 0.2) is 0 Å². The summed E-state index contributed by atoms with van der Waals surface area (Å²) in [4.78, 5) is 3.72. The highest BCUT2D eigenvalue weighted by Crippen LogP contribution is 2.31. The smallest absolute Gasteiger partial charge is 0.141 e. The van der Waals surface area contributed by atoms with Crippen molar-refractivity contribution in [2.75, 3.05) is 0 Å². The summed E-state index contributed by atoms with van der Waals surface area (Å²) in [6.45, 7) is 4.14. The Morgan fingerprint density at radius 1 is 1.47 bits per heavy atom. The first-order valence-electron chi connectivity index (χ1n) is 5.04. The fourth-order valence-electron chi connectivity index (χ4n) is 2.04. The Bertz CT molecular complexity index is 368. The van der Waals surface area contributed by atoms with E-state index in [9.17, 15) is 9.50 Å². The summed E-state index contributed by atoms with van der Waals surface area (Å²) in [6.07, 6.45) is 2.83. The predicted molar refractivity (Wildman–Crippen MR) is 69.3 cm³/mol. The summed E-state index contributed by atoms with van der Waals surface area (Å²) in [5.74, 6) is -0.412. The number of aromatic nitrogens is 1. The number of halogens is 3. The highest BCUT2D eigenvalue weighted by molar-refractivity contribution is 5.85. The van der Waals surface area contributed by atoms with Crippen LogP contribution in [0.3, 0.4) is 0 Å². The van der Waals surface area contributed by atoms with Crippen LogP contribution in [0.1, 0.15) is 31.9 Å². The molecule has 6 heteroatoms. The van der Waals surface area contributed by atoms with Crippen molar-refractivity contribution in [1.29, 1.82) is 0 Å². The Morgan fingerprint density at radius 3 is 2.53 bits per heavy atom. The summed E-state index contributed by atoms with van der Waals surface area (Å²) in [7, 11) is 0. The summed E-state index contributed by atoms with van der Waals surface area (Å²) in [5, 5.41) is 13.2. The molecule has 98 valence electrons. The van der Waals surface area contributed by atoms with Crippen LogP contribution in [0.2, 0.25) is 0 Å². The molecular weight excluding hydrogens is 266 g/mol. The van der Waals surface area contributed by atoms with Gasteiger partial charge in [-0.05, 0) is 26.3 Å². The average Bonchev–Trinajstić information content (AvgIpc) is 2.13. The molecule has 0 bridgehead atoms. The van der Waals surface area contributed by atoms with Crippen molar-refractivity contribution >= 4 is 24.8 Å². The van der Waals surface area contributed by atoms with Crippen molar-refractivity contribution in [1.82, 2.24) is 10.3 Å². The third-order valence-corrected chi connectivity index (χ3v) is 2.76. The predicted octanol–water partition coefficient (Wildman–Crippen LogP) is 2.24. The van der Waals surface area contributed by atoms with E-state index in [0.717, 1.165) is 12.6 Å². The Labute approximate surface area is 113 Å². The Kier molecular flexibility index (Phi) is 5.81. The van der Waals surface area contributed by atoms with Crippen LogP contribution in [0.5, 0.6) is 0 Å². The third kappa shape index (κ3) is 3.78. The molecular formula is C11H17Cl2FN2O. The SMILES string of the molecule is CC1(C)C[C@H]([C@H](O)c2cncc(F)c2)N1.Cl.Cl. The molecule has 0 amide bonds. The van der Waals surface area contributed by atoms with Gasteiger partial charge in [-0.25, -0.2) is 4.39 Å². The summed E-state index contributed by atoms with van der Waals surface area (Å²) in [6, 6.07) is 1.33. The molecule has 1 aromatic rings. The van der Waals surface area contributed by atoms with E-state index in [1.165, 1.54) is 12.3 Å². The average molecular weight is 283 g/mol. The second kappa shape index (κ2) is 5.96. The van der Waals surface area contributed by atoms with E-state index >= 15 is 0 Å². The molecule has 1 aliphatic heterocycles.